The second-order valence-corrected chi connectivity index (χ2v) is 3.44. The predicted octanol–water partition coefficient (Wildman–Crippen LogP) is -0.429. The molecule has 14 heavy (non-hydrogen) atoms. The van der Waals surface area contributed by atoms with Crippen LogP contribution >= 0.6 is 0 Å². The average Bonchev–Trinajstić information content (AvgIpc) is 2.80. The van der Waals surface area contributed by atoms with E-state index in [1.165, 1.54) is 0 Å². The number of hydrogen-bond acceptors (Lipinski definition) is 5. The monoisotopic (exact) mass is 197 g/mol. The highest BCUT2D eigenvalue weighted by Crippen LogP contribution is 2.13. The Morgan fingerprint density at radius 1 is 1.64 bits per heavy atom. The van der Waals surface area contributed by atoms with E-state index in [9.17, 15) is 0 Å². The van der Waals surface area contributed by atoms with Crippen LogP contribution in [0.2, 0.25) is 0 Å². The zero-order chi connectivity index (χ0) is 9.80. The molecule has 0 bridgehead atoms. The highest BCUT2D eigenvalue weighted by Gasteiger charge is 2.18. The van der Waals surface area contributed by atoms with Crippen molar-refractivity contribution in [1.29, 1.82) is 0 Å². The van der Waals surface area contributed by atoms with Gasteiger partial charge in [0.05, 0.1) is 19.2 Å². The molecule has 0 aromatic carbocycles. The highest BCUT2D eigenvalue weighted by atomic mass is 16.5. The largest absolute Gasteiger partial charge is 0.376 e. The molecule has 1 aliphatic heterocycles. The normalized spacial score (nSPS) is 21.6. The third kappa shape index (κ3) is 2.08. The average molecular weight is 197 g/mol. The topological polar surface area (TPSA) is 64.9 Å². The van der Waals surface area contributed by atoms with Crippen molar-refractivity contribution in [3.63, 3.8) is 0 Å². The second kappa shape index (κ2) is 4.47. The van der Waals surface area contributed by atoms with Crippen LogP contribution in [0, 0.1) is 0 Å². The molecule has 0 spiro atoms. The molecule has 1 unspecified atom stereocenters. The number of tetrazole rings is 1. The lowest BCUT2D eigenvalue weighted by Crippen LogP contribution is -2.20. The third-order valence-corrected chi connectivity index (χ3v) is 2.34. The van der Waals surface area contributed by atoms with Gasteiger partial charge >= 0.3 is 0 Å². The Bertz CT molecular complexity index is 281. The van der Waals surface area contributed by atoms with Crippen LogP contribution in [-0.2, 0) is 17.8 Å². The Morgan fingerprint density at radius 3 is 3.29 bits per heavy atom. The van der Waals surface area contributed by atoms with E-state index in [-0.39, 0.29) is 6.10 Å². The van der Waals surface area contributed by atoms with Gasteiger partial charge in [-0.15, -0.1) is 5.10 Å². The maximum atomic E-state index is 5.52. The van der Waals surface area contributed by atoms with Gasteiger partial charge in [-0.1, -0.05) is 0 Å². The van der Waals surface area contributed by atoms with Crippen molar-refractivity contribution < 1.29 is 4.74 Å². The van der Waals surface area contributed by atoms with Gasteiger partial charge in [-0.25, -0.2) is 4.68 Å². The van der Waals surface area contributed by atoms with E-state index < -0.39 is 0 Å². The van der Waals surface area contributed by atoms with Gasteiger partial charge < -0.3 is 10.1 Å². The summed E-state index contributed by atoms with van der Waals surface area (Å²) < 4.78 is 7.33. The van der Waals surface area contributed by atoms with E-state index in [1.54, 1.807) is 0 Å². The molecule has 0 amide bonds. The number of nitrogens with one attached hydrogen (secondary N) is 1. The summed E-state index contributed by atoms with van der Waals surface area (Å²) in [6, 6.07) is 0. The van der Waals surface area contributed by atoms with Crippen LogP contribution < -0.4 is 5.32 Å². The minimum absolute atomic E-state index is 0.286. The highest BCUT2D eigenvalue weighted by molar-refractivity contribution is 4.80. The summed E-state index contributed by atoms with van der Waals surface area (Å²) in [5.41, 5.74) is 0. The molecule has 1 saturated heterocycles. The maximum Gasteiger partial charge on any atom is 0.165 e. The fourth-order valence-corrected chi connectivity index (χ4v) is 1.63. The van der Waals surface area contributed by atoms with Crippen molar-refractivity contribution in [2.45, 2.75) is 32.0 Å². The molecular weight excluding hydrogens is 182 g/mol. The first-order chi connectivity index (χ1) is 6.90. The molecule has 0 aliphatic carbocycles. The molecule has 1 aliphatic rings. The Morgan fingerprint density at radius 2 is 2.57 bits per heavy atom. The maximum absolute atomic E-state index is 5.52. The van der Waals surface area contributed by atoms with Gasteiger partial charge in [0, 0.05) is 6.61 Å². The van der Waals surface area contributed by atoms with E-state index in [4.69, 9.17) is 4.74 Å². The molecule has 78 valence electrons. The van der Waals surface area contributed by atoms with Crippen molar-refractivity contribution in [1.82, 2.24) is 25.5 Å². The SMILES string of the molecule is CNCc1nnnn1CC1CCCO1. The van der Waals surface area contributed by atoms with Crippen LogP contribution in [0.1, 0.15) is 18.7 Å². The number of aromatic nitrogens is 4. The summed E-state index contributed by atoms with van der Waals surface area (Å²) in [6.07, 6.45) is 2.54. The second-order valence-electron chi connectivity index (χ2n) is 3.44. The zero-order valence-corrected chi connectivity index (χ0v) is 8.31. The lowest BCUT2D eigenvalue weighted by Gasteiger charge is -2.09. The molecule has 2 rings (SSSR count). The van der Waals surface area contributed by atoms with Crippen LogP contribution in [0.4, 0.5) is 0 Å². The van der Waals surface area contributed by atoms with Gasteiger partial charge in [0.1, 0.15) is 0 Å². The Hall–Kier alpha value is -1.01. The fraction of sp³-hybridized carbons (Fsp3) is 0.875. The van der Waals surface area contributed by atoms with E-state index >= 15 is 0 Å². The number of hydrogen-bond donors (Lipinski definition) is 1. The first-order valence-corrected chi connectivity index (χ1v) is 4.91. The van der Waals surface area contributed by atoms with E-state index in [2.05, 4.69) is 20.8 Å². The van der Waals surface area contributed by atoms with Crippen LogP contribution in [0.25, 0.3) is 0 Å². The zero-order valence-electron chi connectivity index (χ0n) is 8.31. The van der Waals surface area contributed by atoms with E-state index in [0.717, 1.165) is 31.8 Å². The molecule has 6 nitrogen and oxygen atoms in total. The van der Waals surface area contributed by atoms with Crippen molar-refractivity contribution in [3.8, 4) is 0 Å². The van der Waals surface area contributed by atoms with Gasteiger partial charge in [0.15, 0.2) is 5.82 Å². The van der Waals surface area contributed by atoms with Gasteiger partial charge in [-0.05, 0) is 30.3 Å². The summed E-state index contributed by atoms with van der Waals surface area (Å²) >= 11 is 0. The number of ether oxygens (including phenoxy) is 1. The van der Waals surface area contributed by atoms with Gasteiger partial charge in [-0.2, -0.15) is 0 Å². The van der Waals surface area contributed by atoms with Crippen molar-refractivity contribution >= 4 is 0 Å². The molecule has 1 atom stereocenters. The van der Waals surface area contributed by atoms with Crippen LogP contribution in [0.5, 0.6) is 0 Å². The first-order valence-electron chi connectivity index (χ1n) is 4.91. The molecule has 1 aromatic heterocycles. The fourth-order valence-electron chi connectivity index (χ4n) is 1.63. The van der Waals surface area contributed by atoms with Crippen molar-refractivity contribution in [2.24, 2.45) is 0 Å². The van der Waals surface area contributed by atoms with Crippen molar-refractivity contribution in [3.05, 3.63) is 5.82 Å². The molecule has 2 heterocycles. The summed E-state index contributed by atoms with van der Waals surface area (Å²) in [6.45, 7) is 2.33. The van der Waals surface area contributed by atoms with Gasteiger partial charge in [0.2, 0.25) is 0 Å². The molecule has 1 aromatic rings. The van der Waals surface area contributed by atoms with Gasteiger partial charge in [0.25, 0.3) is 0 Å². The molecule has 0 radical (unpaired) electrons. The predicted molar refractivity (Wildman–Crippen MR) is 49.6 cm³/mol. The Labute approximate surface area is 82.6 Å². The smallest absolute Gasteiger partial charge is 0.165 e. The summed E-state index contributed by atoms with van der Waals surface area (Å²) in [7, 11) is 1.88. The van der Waals surface area contributed by atoms with Crippen LogP contribution in [0.3, 0.4) is 0 Å². The Balaban J connectivity index is 1.96. The van der Waals surface area contributed by atoms with Gasteiger partial charge in [-0.3, -0.25) is 0 Å². The van der Waals surface area contributed by atoms with E-state index in [0.29, 0.717) is 6.54 Å². The van der Waals surface area contributed by atoms with E-state index in [1.807, 2.05) is 11.7 Å². The van der Waals surface area contributed by atoms with Crippen LogP contribution in [0.15, 0.2) is 0 Å². The lowest BCUT2D eigenvalue weighted by molar-refractivity contribution is 0.0926. The first kappa shape index (κ1) is 9.54. The quantitative estimate of drug-likeness (QED) is 0.709. The third-order valence-electron chi connectivity index (χ3n) is 2.34. The van der Waals surface area contributed by atoms with Crippen LogP contribution in [-0.4, -0.2) is 40.0 Å². The summed E-state index contributed by atoms with van der Waals surface area (Å²) in [4.78, 5) is 0. The minimum Gasteiger partial charge on any atom is -0.376 e. The summed E-state index contributed by atoms with van der Waals surface area (Å²) in [5.74, 6) is 0.864. The standard InChI is InChI=1S/C8H15N5O/c1-9-5-8-10-11-12-13(8)6-7-3-2-4-14-7/h7,9H,2-6H2,1H3. The minimum atomic E-state index is 0.286. The molecular formula is C8H15N5O. The molecule has 0 saturated carbocycles. The summed E-state index contributed by atoms with van der Waals surface area (Å²) in [5, 5.41) is 14.5. The van der Waals surface area contributed by atoms with Crippen molar-refractivity contribution in [2.75, 3.05) is 13.7 Å². The molecule has 1 fully saturated rings. The Kier molecular flexibility index (Phi) is 3.05. The number of rotatable bonds is 4. The number of nitrogens with zero attached hydrogens (tertiary/aromatic N) is 4. The molecule has 6 heteroatoms. The lowest BCUT2D eigenvalue weighted by atomic mass is 10.2. The molecule has 1 N–H and O–H groups in total.